The third kappa shape index (κ3) is 5.58. The second-order valence-corrected chi connectivity index (χ2v) is 8.07. The summed E-state index contributed by atoms with van der Waals surface area (Å²) in [5.74, 6) is 2.18. The molecule has 2 aromatic carbocycles. The molecule has 0 N–H and O–H groups in total. The van der Waals surface area contributed by atoms with Crippen LogP contribution in [-0.2, 0) is 11.3 Å². The highest BCUT2D eigenvalue weighted by Gasteiger charge is 2.37. The largest absolute Gasteiger partial charge is 0.497 e. The van der Waals surface area contributed by atoms with Crippen LogP contribution in [0.1, 0.15) is 30.9 Å². The van der Waals surface area contributed by atoms with Crippen molar-refractivity contribution in [3.63, 3.8) is 0 Å². The molecule has 1 heterocycles. The Bertz CT molecular complexity index is 960. The van der Waals surface area contributed by atoms with Crippen LogP contribution in [0.25, 0.3) is 0 Å². The third-order valence-corrected chi connectivity index (χ3v) is 6.09. The topological polar surface area (TPSA) is 72.7 Å². The fourth-order valence-electron chi connectivity index (χ4n) is 3.16. The van der Waals surface area contributed by atoms with E-state index in [0.717, 1.165) is 29.7 Å². The molecule has 1 aliphatic rings. The standard InChI is InChI=1S/C23H27N3O4S/c1-5-6-21-22(27)26(15-16-7-10-18(28-2)11-8-16)23(31-21)25-24-14-17-9-12-19(29-3)13-20(17)30-4/h7-14,21H,5-6,15H2,1-4H3/b24-14-,25-23-/t21-/m0/s1. The second kappa shape index (κ2) is 10.9. The van der Waals surface area contributed by atoms with Crippen molar-refractivity contribution in [1.29, 1.82) is 0 Å². The van der Waals surface area contributed by atoms with E-state index in [1.54, 1.807) is 38.5 Å². The van der Waals surface area contributed by atoms with Crippen LogP contribution in [0, 0.1) is 0 Å². The summed E-state index contributed by atoms with van der Waals surface area (Å²) in [6.45, 7) is 2.52. The van der Waals surface area contributed by atoms with E-state index < -0.39 is 0 Å². The molecule has 0 aromatic heterocycles. The Kier molecular flexibility index (Phi) is 7.94. The number of ether oxygens (including phenoxy) is 3. The van der Waals surface area contributed by atoms with Crippen LogP contribution < -0.4 is 14.2 Å². The lowest BCUT2D eigenvalue weighted by molar-refractivity contribution is -0.126. The molecule has 1 aliphatic heterocycles. The molecule has 1 amide bonds. The molecule has 0 unspecified atom stereocenters. The molecule has 7 nitrogen and oxygen atoms in total. The van der Waals surface area contributed by atoms with E-state index >= 15 is 0 Å². The van der Waals surface area contributed by atoms with E-state index in [1.165, 1.54) is 11.8 Å². The lowest BCUT2D eigenvalue weighted by Gasteiger charge is -2.16. The number of benzene rings is 2. The first-order valence-electron chi connectivity index (χ1n) is 10.0. The highest BCUT2D eigenvalue weighted by molar-refractivity contribution is 8.15. The van der Waals surface area contributed by atoms with Gasteiger partial charge in [0, 0.05) is 11.6 Å². The van der Waals surface area contributed by atoms with Crippen molar-refractivity contribution in [2.45, 2.75) is 31.6 Å². The molecule has 0 saturated carbocycles. The number of hydrogen-bond acceptors (Lipinski definition) is 7. The molecule has 8 heteroatoms. The molecule has 164 valence electrons. The minimum atomic E-state index is -0.132. The minimum Gasteiger partial charge on any atom is -0.497 e. The summed E-state index contributed by atoms with van der Waals surface area (Å²) in [6, 6.07) is 13.1. The Morgan fingerprint density at radius 2 is 1.74 bits per heavy atom. The molecule has 0 radical (unpaired) electrons. The van der Waals surface area contributed by atoms with Crippen LogP contribution in [0.15, 0.2) is 52.7 Å². The number of hydrogen-bond donors (Lipinski definition) is 0. The van der Waals surface area contributed by atoms with Gasteiger partial charge in [-0.05, 0) is 36.2 Å². The van der Waals surface area contributed by atoms with Crippen LogP contribution >= 0.6 is 11.8 Å². The normalized spacial score (nSPS) is 17.5. The highest BCUT2D eigenvalue weighted by atomic mass is 32.2. The van der Waals surface area contributed by atoms with Crippen molar-refractivity contribution in [2.75, 3.05) is 21.3 Å². The van der Waals surface area contributed by atoms with Gasteiger partial charge < -0.3 is 14.2 Å². The molecular weight excluding hydrogens is 414 g/mol. The fourth-order valence-corrected chi connectivity index (χ4v) is 4.37. The Morgan fingerprint density at radius 1 is 1.03 bits per heavy atom. The van der Waals surface area contributed by atoms with Crippen molar-refractivity contribution in [2.24, 2.45) is 10.2 Å². The van der Waals surface area contributed by atoms with E-state index in [-0.39, 0.29) is 11.2 Å². The molecule has 1 atom stereocenters. The van der Waals surface area contributed by atoms with Gasteiger partial charge in [-0.2, -0.15) is 5.10 Å². The van der Waals surface area contributed by atoms with Gasteiger partial charge in [-0.3, -0.25) is 9.69 Å². The van der Waals surface area contributed by atoms with Gasteiger partial charge in [-0.25, -0.2) is 0 Å². The average Bonchev–Trinajstić information content (AvgIpc) is 3.09. The Balaban J connectivity index is 1.82. The maximum absolute atomic E-state index is 13.0. The Hall–Kier alpha value is -3.00. The minimum absolute atomic E-state index is 0.0682. The van der Waals surface area contributed by atoms with Crippen LogP contribution in [-0.4, -0.2) is 48.8 Å². The predicted octanol–water partition coefficient (Wildman–Crippen LogP) is 4.35. The summed E-state index contributed by atoms with van der Waals surface area (Å²) in [7, 11) is 4.83. The van der Waals surface area contributed by atoms with E-state index in [4.69, 9.17) is 14.2 Å². The molecule has 2 aromatic rings. The molecule has 0 bridgehead atoms. The van der Waals surface area contributed by atoms with E-state index in [9.17, 15) is 4.79 Å². The third-order valence-electron chi connectivity index (χ3n) is 4.85. The zero-order valence-electron chi connectivity index (χ0n) is 18.2. The molecule has 0 aliphatic carbocycles. The molecule has 31 heavy (non-hydrogen) atoms. The number of amidine groups is 1. The summed E-state index contributed by atoms with van der Waals surface area (Å²) in [4.78, 5) is 14.7. The smallest absolute Gasteiger partial charge is 0.242 e. The maximum atomic E-state index is 13.0. The van der Waals surface area contributed by atoms with Crippen LogP contribution in [0.5, 0.6) is 17.2 Å². The van der Waals surface area contributed by atoms with Gasteiger partial charge >= 0.3 is 0 Å². The second-order valence-electron chi connectivity index (χ2n) is 6.90. The zero-order valence-corrected chi connectivity index (χ0v) is 19.0. The molecule has 1 fully saturated rings. The van der Waals surface area contributed by atoms with Gasteiger partial charge in [0.1, 0.15) is 17.2 Å². The monoisotopic (exact) mass is 441 g/mol. The van der Waals surface area contributed by atoms with Gasteiger partial charge in [0.2, 0.25) is 5.91 Å². The lowest BCUT2D eigenvalue weighted by Crippen LogP contribution is -2.31. The molecular formula is C23H27N3O4S. The van der Waals surface area contributed by atoms with Crippen molar-refractivity contribution in [3.05, 3.63) is 53.6 Å². The Labute approximate surface area is 187 Å². The molecule has 0 spiro atoms. The Morgan fingerprint density at radius 3 is 2.39 bits per heavy atom. The number of amides is 1. The summed E-state index contributed by atoms with van der Waals surface area (Å²) in [5, 5.41) is 9.09. The SMILES string of the molecule is CCC[C@@H]1S/C(=N\N=C/c2ccc(OC)cc2OC)N(Cc2ccc(OC)cc2)C1=O. The summed E-state index contributed by atoms with van der Waals surface area (Å²) < 4.78 is 15.8. The van der Waals surface area contributed by atoms with Crippen LogP contribution in [0.2, 0.25) is 0 Å². The summed E-state index contributed by atoms with van der Waals surface area (Å²) in [5.41, 5.74) is 1.77. The average molecular weight is 442 g/mol. The number of thioether (sulfide) groups is 1. The van der Waals surface area contributed by atoms with Gasteiger partial charge in [0.05, 0.1) is 39.3 Å². The quantitative estimate of drug-likeness (QED) is 0.427. The molecule has 1 saturated heterocycles. The lowest BCUT2D eigenvalue weighted by atomic mass is 10.2. The van der Waals surface area contributed by atoms with Crippen LogP contribution in [0.3, 0.4) is 0 Å². The van der Waals surface area contributed by atoms with Crippen molar-refractivity contribution in [1.82, 2.24) is 4.90 Å². The summed E-state index contributed by atoms with van der Waals surface area (Å²) >= 11 is 1.47. The zero-order chi connectivity index (χ0) is 22.2. The van der Waals surface area contributed by atoms with Crippen LogP contribution in [0.4, 0.5) is 0 Å². The van der Waals surface area contributed by atoms with Crippen molar-refractivity contribution < 1.29 is 19.0 Å². The fraction of sp³-hybridized carbons (Fsp3) is 0.348. The number of methoxy groups -OCH3 is 3. The first kappa shape index (κ1) is 22.7. The first-order chi connectivity index (χ1) is 15.1. The summed E-state index contributed by atoms with van der Waals surface area (Å²) in [6.07, 6.45) is 3.35. The number of nitrogens with zero attached hydrogens (tertiary/aromatic N) is 3. The highest BCUT2D eigenvalue weighted by Crippen LogP contribution is 2.32. The number of carbonyl (C=O) groups excluding carboxylic acids is 1. The van der Waals surface area contributed by atoms with E-state index in [2.05, 4.69) is 17.1 Å². The van der Waals surface area contributed by atoms with Crippen molar-refractivity contribution in [3.8, 4) is 17.2 Å². The number of carbonyl (C=O) groups is 1. The molecule has 3 rings (SSSR count). The van der Waals surface area contributed by atoms with Gasteiger partial charge in [0.25, 0.3) is 0 Å². The predicted molar refractivity (Wildman–Crippen MR) is 124 cm³/mol. The van der Waals surface area contributed by atoms with Crippen molar-refractivity contribution >= 4 is 29.1 Å². The van der Waals surface area contributed by atoms with E-state index in [1.807, 2.05) is 36.4 Å². The van der Waals surface area contributed by atoms with Gasteiger partial charge in [0.15, 0.2) is 5.17 Å². The van der Waals surface area contributed by atoms with Gasteiger partial charge in [-0.15, -0.1) is 5.10 Å². The van der Waals surface area contributed by atoms with E-state index in [0.29, 0.717) is 23.2 Å². The van der Waals surface area contributed by atoms with Gasteiger partial charge in [-0.1, -0.05) is 37.2 Å². The maximum Gasteiger partial charge on any atom is 0.242 e. The first-order valence-corrected chi connectivity index (χ1v) is 10.9. The number of rotatable bonds is 9.